The van der Waals surface area contributed by atoms with Crippen molar-refractivity contribution in [1.29, 1.82) is 0 Å². The zero-order valence-electron chi connectivity index (χ0n) is 16.0. The van der Waals surface area contributed by atoms with Gasteiger partial charge in [0.05, 0.1) is 13.2 Å². The molecule has 4 nitrogen and oxygen atoms in total. The molecule has 2 aromatic rings. The lowest BCUT2D eigenvalue weighted by Gasteiger charge is -2.23. The summed E-state index contributed by atoms with van der Waals surface area (Å²) in [6.07, 6.45) is 1.95. The van der Waals surface area contributed by atoms with E-state index in [1.165, 1.54) is 6.07 Å². The average molecular weight is 370 g/mol. The molecule has 27 heavy (non-hydrogen) atoms. The number of urea groups is 1. The first-order valence-electron chi connectivity index (χ1n) is 9.52. The van der Waals surface area contributed by atoms with Gasteiger partial charge in [-0.1, -0.05) is 44.2 Å². The fourth-order valence-electron chi connectivity index (χ4n) is 2.81. The Morgan fingerprint density at radius 1 is 1.19 bits per heavy atom. The van der Waals surface area contributed by atoms with Gasteiger partial charge in [0.25, 0.3) is 0 Å². The minimum Gasteiger partial charge on any atom is -0.493 e. The SMILES string of the molecule is CC(C)COc1ccc(CNC(=O)N(Cc2ccccc2F)C2CC2)cc1. The Morgan fingerprint density at radius 3 is 2.52 bits per heavy atom. The van der Waals surface area contributed by atoms with Crippen molar-refractivity contribution in [3.05, 3.63) is 65.5 Å². The predicted octanol–water partition coefficient (Wildman–Crippen LogP) is 4.73. The molecule has 0 spiro atoms. The van der Waals surface area contributed by atoms with E-state index >= 15 is 0 Å². The van der Waals surface area contributed by atoms with Crippen molar-refractivity contribution in [3.8, 4) is 5.75 Å². The van der Waals surface area contributed by atoms with Crippen LogP contribution in [0.2, 0.25) is 0 Å². The number of ether oxygens (including phenoxy) is 1. The number of nitrogens with zero attached hydrogens (tertiary/aromatic N) is 1. The van der Waals surface area contributed by atoms with E-state index in [0.717, 1.165) is 24.2 Å². The summed E-state index contributed by atoms with van der Waals surface area (Å²) >= 11 is 0. The second-order valence-electron chi connectivity index (χ2n) is 7.46. The summed E-state index contributed by atoms with van der Waals surface area (Å²) in [6, 6.07) is 14.4. The molecule has 0 bridgehead atoms. The average Bonchev–Trinajstić information content (AvgIpc) is 3.49. The summed E-state index contributed by atoms with van der Waals surface area (Å²) in [5, 5.41) is 2.95. The van der Waals surface area contributed by atoms with Gasteiger partial charge >= 0.3 is 6.03 Å². The molecule has 2 amide bonds. The third-order valence-corrected chi connectivity index (χ3v) is 4.50. The third-order valence-electron chi connectivity index (χ3n) is 4.50. The number of hydrogen-bond acceptors (Lipinski definition) is 2. The van der Waals surface area contributed by atoms with Crippen molar-refractivity contribution in [2.75, 3.05) is 6.61 Å². The number of carbonyl (C=O) groups is 1. The van der Waals surface area contributed by atoms with Crippen LogP contribution in [0, 0.1) is 11.7 Å². The minimum atomic E-state index is -0.270. The molecular weight excluding hydrogens is 343 g/mol. The van der Waals surface area contributed by atoms with Crippen LogP contribution in [0.4, 0.5) is 9.18 Å². The number of carbonyl (C=O) groups excluding carboxylic acids is 1. The Labute approximate surface area is 160 Å². The molecule has 5 heteroatoms. The van der Waals surface area contributed by atoms with E-state index in [-0.39, 0.29) is 17.9 Å². The van der Waals surface area contributed by atoms with Gasteiger partial charge in [0.1, 0.15) is 11.6 Å². The van der Waals surface area contributed by atoms with E-state index in [9.17, 15) is 9.18 Å². The van der Waals surface area contributed by atoms with Gasteiger partial charge in [-0.2, -0.15) is 0 Å². The molecule has 3 rings (SSSR count). The predicted molar refractivity (Wildman–Crippen MR) is 104 cm³/mol. The lowest BCUT2D eigenvalue weighted by Crippen LogP contribution is -2.40. The van der Waals surface area contributed by atoms with E-state index in [0.29, 0.717) is 31.2 Å². The maximum Gasteiger partial charge on any atom is 0.318 e. The second-order valence-corrected chi connectivity index (χ2v) is 7.46. The maximum absolute atomic E-state index is 13.9. The molecular formula is C22H27FN2O2. The molecule has 0 aliphatic heterocycles. The Kier molecular flexibility index (Phi) is 6.32. The molecule has 0 unspecified atom stereocenters. The van der Waals surface area contributed by atoms with Crippen LogP contribution in [-0.2, 0) is 13.1 Å². The Hall–Kier alpha value is -2.56. The number of nitrogens with one attached hydrogen (secondary N) is 1. The summed E-state index contributed by atoms with van der Waals surface area (Å²) < 4.78 is 19.6. The van der Waals surface area contributed by atoms with Crippen LogP contribution in [0.5, 0.6) is 5.75 Å². The smallest absolute Gasteiger partial charge is 0.318 e. The van der Waals surface area contributed by atoms with E-state index in [1.54, 1.807) is 23.1 Å². The molecule has 1 saturated carbocycles. The van der Waals surface area contributed by atoms with Crippen LogP contribution in [0.25, 0.3) is 0 Å². The van der Waals surface area contributed by atoms with E-state index in [1.807, 2.05) is 24.3 Å². The van der Waals surface area contributed by atoms with E-state index in [2.05, 4.69) is 19.2 Å². The monoisotopic (exact) mass is 370 g/mol. The van der Waals surface area contributed by atoms with Crippen molar-refractivity contribution < 1.29 is 13.9 Å². The number of hydrogen-bond donors (Lipinski definition) is 1. The first-order chi connectivity index (χ1) is 13.0. The highest BCUT2D eigenvalue weighted by atomic mass is 19.1. The fraction of sp³-hybridized carbons (Fsp3) is 0.409. The highest BCUT2D eigenvalue weighted by molar-refractivity contribution is 5.75. The van der Waals surface area contributed by atoms with Gasteiger partial charge in [0.2, 0.25) is 0 Å². The molecule has 0 saturated heterocycles. The standard InChI is InChI=1S/C22H27FN2O2/c1-16(2)15-27-20-11-7-17(8-12-20)13-24-22(26)25(19-9-10-19)14-18-5-3-4-6-21(18)23/h3-8,11-12,16,19H,9-10,13-15H2,1-2H3,(H,24,26). The van der Waals surface area contributed by atoms with Crippen molar-refractivity contribution >= 4 is 6.03 Å². The van der Waals surface area contributed by atoms with Gasteiger partial charge in [-0.15, -0.1) is 0 Å². The van der Waals surface area contributed by atoms with Crippen molar-refractivity contribution in [1.82, 2.24) is 10.2 Å². The molecule has 1 aliphatic rings. The number of benzene rings is 2. The fourth-order valence-corrected chi connectivity index (χ4v) is 2.81. The van der Waals surface area contributed by atoms with Crippen LogP contribution in [0.15, 0.2) is 48.5 Å². The normalized spacial score (nSPS) is 13.5. The Bertz CT molecular complexity index is 757. The van der Waals surface area contributed by atoms with Gasteiger partial charge in [-0.05, 0) is 42.5 Å². The summed E-state index contributed by atoms with van der Waals surface area (Å²) in [6.45, 7) is 5.63. The van der Waals surface area contributed by atoms with E-state index < -0.39 is 0 Å². The van der Waals surface area contributed by atoms with Crippen molar-refractivity contribution in [2.45, 2.75) is 45.8 Å². The summed E-state index contributed by atoms with van der Waals surface area (Å²) in [5.74, 6) is 1.04. The second kappa shape index (κ2) is 8.89. The zero-order valence-corrected chi connectivity index (χ0v) is 16.0. The van der Waals surface area contributed by atoms with Gasteiger partial charge in [-0.3, -0.25) is 0 Å². The summed E-state index contributed by atoms with van der Waals surface area (Å²) in [7, 11) is 0. The number of rotatable bonds is 8. The van der Waals surface area contributed by atoms with Gasteiger partial charge in [0, 0.05) is 18.2 Å². The van der Waals surface area contributed by atoms with Gasteiger partial charge in [0.15, 0.2) is 0 Å². The number of halogens is 1. The molecule has 0 aromatic heterocycles. The lowest BCUT2D eigenvalue weighted by atomic mass is 10.2. The van der Waals surface area contributed by atoms with Crippen LogP contribution in [-0.4, -0.2) is 23.6 Å². The van der Waals surface area contributed by atoms with Gasteiger partial charge < -0.3 is 15.0 Å². The van der Waals surface area contributed by atoms with Crippen LogP contribution in [0.3, 0.4) is 0 Å². The maximum atomic E-state index is 13.9. The molecule has 0 heterocycles. The van der Waals surface area contributed by atoms with Crippen LogP contribution in [0.1, 0.15) is 37.8 Å². The topological polar surface area (TPSA) is 41.6 Å². The van der Waals surface area contributed by atoms with Crippen molar-refractivity contribution in [2.24, 2.45) is 5.92 Å². The Morgan fingerprint density at radius 2 is 1.89 bits per heavy atom. The highest BCUT2D eigenvalue weighted by Crippen LogP contribution is 2.29. The van der Waals surface area contributed by atoms with Crippen molar-refractivity contribution in [3.63, 3.8) is 0 Å². The first-order valence-corrected chi connectivity index (χ1v) is 9.52. The lowest BCUT2D eigenvalue weighted by molar-refractivity contribution is 0.191. The zero-order chi connectivity index (χ0) is 19.2. The molecule has 1 N–H and O–H groups in total. The number of amides is 2. The molecule has 2 aromatic carbocycles. The molecule has 144 valence electrons. The van der Waals surface area contributed by atoms with Crippen LogP contribution < -0.4 is 10.1 Å². The minimum absolute atomic E-state index is 0.152. The molecule has 0 atom stereocenters. The highest BCUT2D eigenvalue weighted by Gasteiger charge is 2.32. The van der Waals surface area contributed by atoms with Crippen LogP contribution >= 0.6 is 0 Å². The largest absolute Gasteiger partial charge is 0.493 e. The van der Waals surface area contributed by atoms with E-state index in [4.69, 9.17) is 4.74 Å². The first kappa shape index (κ1) is 19.2. The summed E-state index contributed by atoms with van der Waals surface area (Å²) in [4.78, 5) is 14.4. The quantitative estimate of drug-likeness (QED) is 0.729. The molecule has 1 fully saturated rings. The molecule has 1 aliphatic carbocycles. The van der Waals surface area contributed by atoms with Gasteiger partial charge in [-0.25, -0.2) is 9.18 Å². The molecule has 0 radical (unpaired) electrons. The Balaban J connectivity index is 1.54. The third kappa shape index (κ3) is 5.71. The summed E-state index contributed by atoms with van der Waals surface area (Å²) in [5.41, 5.74) is 1.55.